The van der Waals surface area contributed by atoms with Gasteiger partial charge in [-0.15, -0.1) is 0 Å². The summed E-state index contributed by atoms with van der Waals surface area (Å²) in [6.07, 6.45) is 9.93. The first-order chi connectivity index (χ1) is 12.0. The Labute approximate surface area is 150 Å². The molecule has 0 fully saturated rings. The van der Waals surface area contributed by atoms with Crippen molar-refractivity contribution < 1.29 is 15.0 Å². The fraction of sp³-hybridized carbons (Fsp3) is 0.944. The maximum atomic E-state index is 11.0. The molecule has 0 saturated carbocycles. The van der Waals surface area contributed by atoms with Crippen LogP contribution in [-0.4, -0.2) is 34.4 Å². The van der Waals surface area contributed by atoms with Gasteiger partial charge < -0.3 is 15.0 Å². The van der Waals surface area contributed by atoms with Crippen LogP contribution >= 0.6 is 0 Å². The van der Waals surface area contributed by atoms with Crippen LogP contribution in [0, 0.1) is 9.81 Å². The topological polar surface area (TPSA) is 116 Å². The lowest BCUT2D eigenvalue weighted by Gasteiger charge is -2.26. The van der Waals surface area contributed by atoms with Crippen LogP contribution in [0.5, 0.6) is 0 Å². The number of nitroso groups, excluding NO2 is 2. The van der Waals surface area contributed by atoms with Crippen LogP contribution < -0.4 is 0 Å². The predicted molar refractivity (Wildman–Crippen MR) is 98.1 cm³/mol. The van der Waals surface area contributed by atoms with Gasteiger partial charge in [-0.25, -0.2) is 0 Å². The molecule has 0 spiro atoms. The van der Waals surface area contributed by atoms with Crippen LogP contribution in [-0.2, 0) is 4.79 Å². The lowest BCUT2D eigenvalue weighted by atomic mass is 9.94. The molecule has 0 aromatic carbocycles. The molecule has 0 aliphatic rings. The maximum Gasteiger partial charge on any atom is 0.189 e. The predicted octanol–water partition coefficient (Wildman–Crippen LogP) is 4.23. The first kappa shape index (κ1) is 23.8. The largest absolute Gasteiger partial charge is 0.364 e. The molecule has 0 aliphatic heterocycles. The van der Waals surface area contributed by atoms with E-state index < -0.39 is 17.9 Å². The van der Waals surface area contributed by atoms with Gasteiger partial charge in [0.05, 0.1) is 6.04 Å². The molecule has 0 aliphatic carbocycles. The molecule has 0 amide bonds. The third-order valence-electron chi connectivity index (χ3n) is 4.59. The highest BCUT2D eigenvalue weighted by Crippen LogP contribution is 2.24. The number of carbonyl (C=O) groups is 1. The molecule has 0 heterocycles. The van der Waals surface area contributed by atoms with Gasteiger partial charge in [0.25, 0.3) is 0 Å². The van der Waals surface area contributed by atoms with Gasteiger partial charge in [-0.2, -0.15) is 9.81 Å². The third-order valence-corrected chi connectivity index (χ3v) is 4.59. The molecular formula is C18H34N2O5. The summed E-state index contributed by atoms with van der Waals surface area (Å²) in [5, 5.41) is 26.0. The standard InChI is InChI=1S/C18H34N2O5/c1-2-3-9-14-18(22,23)17(20-25)13-12-16(19-24)11-8-6-4-5-7-10-15-21/h15-17,22-23H,2-14H2,1H3. The fourth-order valence-corrected chi connectivity index (χ4v) is 2.91. The van der Waals surface area contributed by atoms with Gasteiger partial charge in [-0.3, -0.25) is 0 Å². The Bertz CT molecular complexity index is 363. The van der Waals surface area contributed by atoms with Crippen LogP contribution in [0.2, 0.25) is 0 Å². The van der Waals surface area contributed by atoms with Crippen LogP contribution in [0.4, 0.5) is 0 Å². The summed E-state index contributed by atoms with van der Waals surface area (Å²) in [7, 11) is 0. The summed E-state index contributed by atoms with van der Waals surface area (Å²) in [6.45, 7) is 2.01. The lowest BCUT2D eigenvalue weighted by Crippen LogP contribution is -2.41. The molecule has 0 aromatic heterocycles. The normalized spacial score (nSPS) is 14.0. The van der Waals surface area contributed by atoms with Crippen LogP contribution in [0.15, 0.2) is 10.4 Å². The van der Waals surface area contributed by atoms with Gasteiger partial charge in [0, 0.05) is 12.8 Å². The van der Waals surface area contributed by atoms with E-state index in [-0.39, 0.29) is 12.8 Å². The van der Waals surface area contributed by atoms with E-state index >= 15 is 0 Å². The second-order valence-corrected chi connectivity index (χ2v) is 6.81. The molecule has 0 bridgehead atoms. The Kier molecular flexibility index (Phi) is 14.3. The minimum atomic E-state index is -2.11. The number of carbonyl (C=O) groups excluding carboxylic acids is 1. The van der Waals surface area contributed by atoms with E-state index in [4.69, 9.17) is 0 Å². The van der Waals surface area contributed by atoms with Gasteiger partial charge >= 0.3 is 0 Å². The zero-order chi connectivity index (χ0) is 19.0. The van der Waals surface area contributed by atoms with Crippen LogP contribution in [0.3, 0.4) is 0 Å². The number of nitrogens with zero attached hydrogens (tertiary/aromatic N) is 2. The molecular weight excluding hydrogens is 324 g/mol. The van der Waals surface area contributed by atoms with E-state index in [2.05, 4.69) is 10.4 Å². The fourth-order valence-electron chi connectivity index (χ4n) is 2.91. The lowest BCUT2D eigenvalue weighted by molar-refractivity contribution is -0.183. The van der Waals surface area contributed by atoms with Crippen molar-refractivity contribution in [2.45, 2.75) is 108 Å². The maximum absolute atomic E-state index is 11.0. The van der Waals surface area contributed by atoms with E-state index in [1.54, 1.807) is 0 Å². The van der Waals surface area contributed by atoms with E-state index in [1.807, 2.05) is 6.92 Å². The van der Waals surface area contributed by atoms with Crippen molar-refractivity contribution in [2.24, 2.45) is 10.4 Å². The second-order valence-electron chi connectivity index (χ2n) is 6.81. The number of hydrogen-bond donors (Lipinski definition) is 2. The SMILES string of the molecule is CCCCCC(O)(O)C(CCC(CCCCCCCC=O)N=O)N=O. The smallest absolute Gasteiger partial charge is 0.189 e. The molecule has 7 heteroatoms. The molecule has 0 aromatic rings. The summed E-state index contributed by atoms with van der Waals surface area (Å²) in [6, 6.07) is -1.55. The molecule has 25 heavy (non-hydrogen) atoms. The number of unbranched alkanes of at least 4 members (excludes halogenated alkanes) is 7. The first-order valence-electron chi connectivity index (χ1n) is 9.55. The van der Waals surface area contributed by atoms with Crippen molar-refractivity contribution in [3.63, 3.8) is 0 Å². The van der Waals surface area contributed by atoms with Gasteiger partial charge in [-0.05, 0) is 32.1 Å². The number of aldehydes is 1. The summed E-state index contributed by atoms with van der Waals surface area (Å²) >= 11 is 0. The van der Waals surface area contributed by atoms with Gasteiger partial charge in [0.2, 0.25) is 0 Å². The molecule has 0 radical (unpaired) electrons. The third kappa shape index (κ3) is 11.9. The minimum Gasteiger partial charge on any atom is -0.364 e. The molecule has 0 saturated heterocycles. The average Bonchev–Trinajstić information content (AvgIpc) is 2.59. The Morgan fingerprint density at radius 3 is 2.16 bits per heavy atom. The summed E-state index contributed by atoms with van der Waals surface area (Å²) in [4.78, 5) is 32.1. The van der Waals surface area contributed by atoms with Gasteiger partial charge in [-0.1, -0.05) is 55.8 Å². The van der Waals surface area contributed by atoms with Crippen molar-refractivity contribution in [1.29, 1.82) is 0 Å². The molecule has 146 valence electrons. The van der Waals surface area contributed by atoms with Gasteiger partial charge in [0.15, 0.2) is 5.79 Å². The summed E-state index contributed by atoms with van der Waals surface area (Å²) < 4.78 is 0. The van der Waals surface area contributed by atoms with E-state index in [9.17, 15) is 24.8 Å². The number of hydrogen-bond acceptors (Lipinski definition) is 7. The average molecular weight is 358 g/mol. The van der Waals surface area contributed by atoms with Crippen LogP contribution in [0.25, 0.3) is 0 Å². The minimum absolute atomic E-state index is 0.108. The van der Waals surface area contributed by atoms with E-state index in [0.29, 0.717) is 25.7 Å². The number of rotatable bonds is 18. The molecule has 0 rings (SSSR count). The zero-order valence-corrected chi connectivity index (χ0v) is 15.4. The van der Waals surface area contributed by atoms with Crippen molar-refractivity contribution in [3.8, 4) is 0 Å². The monoisotopic (exact) mass is 358 g/mol. The van der Waals surface area contributed by atoms with Crippen molar-refractivity contribution in [3.05, 3.63) is 9.81 Å². The van der Waals surface area contributed by atoms with Crippen molar-refractivity contribution in [1.82, 2.24) is 0 Å². The Balaban J connectivity index is 4.09. The van der Waals surface area contributed by atoms with Crippen molar-refractivity contribution in [2.75, 3.05) is 0 Å². The van der Waals surface area contributed by atoms with Crippen molar-refractivity contribution >= 4 is 6.29 Å². The highest BCUT2D eigenvalue weighted by atomic mass is 16.5. The van der Waals surface area contributed by atoms with Gasteiger partial charge in [0.1, 0.15) is 12.3 Å². The Morgan fingerprint density at radius 2 is 1.56 bits per heavy atom. The summed E-state index contributed by atoms with van der Waals surface area (Å²) in [5.41, 5.74) is 0. The molecule has 2 unspecified atom stereocenters. The molecule has 2 atom stereocenters. The van der Waals surface area contributed by atoms with Crippen LogP contribution in [0.1, 0.15) is 90.4 Å². The highest BCUT2D eigenvalue weighted by Gasteiger charge is 2.35. The second kappa shape index (κ2) is 15.1. The van der Waals surface area contributed by atoms with E-state index in [0.717, 1.165) is 51.2 Å². The Hall–Kier alpha value is -1.21. The highest BCUT2D eigenvalue weighted by molar-refractivity contribution is 5.48. The Morgan fingerprint density at radius 1 is 0.880 bits per heavy atom. The first-order valence-corrected chi connectivity index (χ1v) is 9.55. The molecule has 7 nitrogen and oxygen atoms in total. The summed E-state index contributed by atoms with van der Waals surface area (Å²) in [5.74, 6) is -2.11. The van der Waals surface area contributed by atoms with E-state index in [1.165, 1.54) is 0 Å². The number of aliphatic hydroxyl groups is 2. The zero-order valence-electron chi connectivity index (χ0n) is 15.4. The quantitative estimate of drug-likeness (QED) is 0.165. The molecule has 2 N–H and O–H groups in total.